The van der Waals surface area contributed by atoms with Crippen LogP contribution in [0.2, 0.25) is 0 Å². The van der Waals surface area contributed by atoms with E-state index in [2.05, 4.69) is 11.9 Å². The lowest BCUT2D eigenvalue weighted by molar-refractivity contribution is -0.167. The topological polar surface area (TPSA) is 70.1 Å². The quantitative estimate of drug-likeness (QED) is 0.382. The minimum Gasteiger partial charge on any atom is -0.490 e. The van der Waals surface area contributed by atoms with Gasteiger partial charge in [-0.3, -0.25) is 14.7 Å². The van der Waals surface area contributed by atoms with Crippen LogP contribution in [0.5, 0.6) is 5.75 Å². The Morgan fingerprint density at radius 3 is 2.66 bits per heavy atom. The second kappa shape index (κ2) is 13.4. The van der Waals surface area contributed by atoms with E-state index in [1.165, 1.54) is 25.7 Å². The highest BCUT2D eigenvalue weighted by molar-refractivity contribution is 7.99. The van der Waals surface area contributed by atoms with Gasteiger partial charge < -0.3 is 18.9 Å². The first-order valence-corrected chi connectivity index (χ1v) is 12.8. The number of carbonyl (C=O) groups is 1. The normalized spacial score (nSPS) is 21.8. The van der Waals surface area contributed by atoms with Gasteiger partial charge in [0.1, 0.15) is 25.5 Å². The number of nitrogens with zero attached hydrogens (tertiary/aromatic N) is 2. The zero-order valence-electron chi connectivity index (χ0n) is 19.7. The van der Waals surface area contributed by atoms with Crippen LogP contribution in [0.3, 0.4) is 0 Å². The Morgan fingerprint density at radius 1 is 1.19 bits per heavy atom. The van der Waals surface area contributed by atoms with Gasteiger partial charge in [-0.15, -0.1) is 0 Å². The SMILES string of the molecule is COCO[C@H](CSCC1CC1)N(COC)C(=O)Cc1cc(O[C@H]2CC[C@H](C)CC2)ccn1. The van der Waals surface area contributed by atoms with Crippen molar-refractivity contribution in [1.82, 2.24) is 9.88 Å². The van der Waals surface area contributed by atoms with Gasteiger partial charge in [-0.25, -0.2) is 0 Å². The fourth-order valence-electron chi connectivity index (χ4n) is 3.87. The molecule has 0 aliphatic heterocycles. The lowest BCUT2D eigenvalue weighted by Gasteiger charge is -2.30. The van der Waals surface area contributed by atoms with Crippen molar-refractivity contribution < 1.29 is 23.7 Å². The van der Waals surface area contributed by atoms with Gasteiger partial charge in [0, 0.05) is 32.2 Å². The van der Waals surface area contributed by atoms with E-state index in [1.807, 2.05) is 23.9 Å². The maximum atomic E-state index is 13.2. The molecule has 8 heteroatoms. The summed E-state index contributed by atoms with van der Waals surface area (Å²) in [4.78, 5) is 19.2. The van der Waals surface area contributed by atoms with E-state index in [9.17, 15) is 4.79 Å². The molecule has 180 valence electrons. The number of methoxy groups -OCH3 is 2. The van der Waals surface area contributed by atoms with E-state index in [0.717, 1.165) is 36.2 Å². The summed E-state index contributed by atoms with van der Waals surface area (Å²) in [6.07, 6.45) is 8.91. The average molecular weight is 467 g/mol. The highest BCUT2D eigenvalue weighted by Gasteiger charge is 2.27. The van der Waals surface area contributed by atoms with Crippen LogP contribution >= 0.6 is 11.8 Å². The standard InChI is InChI=1S/C24H38N2O5S/c1-18-4-8-21(9-5-18)31-22-10-11-25-20(12-22)13-23(27)26(16-28-2)24(30-17-29-3)15-32-14-19-6-7-19/h10-12,18-19,21,24H,4-9,13-17H2,1-3H3/t18-,21-,24-/m1/s1. The third kappa shape index (κ3) is 8.54. The largest absolute Gasteiger partial charge is 0.490 e. The van der Waals surface area contributed by atoms with E-state index in [-0.39, 0.29) is 32.0 Å². The van der Waals surface area contributed by atoms with Gasteiger partial charge in [0.05, 0.1) is 18.2 Å². The molecule has 0 unspecified atom stereocenters. The van der Waals surface area contributed by atoms with Crippen molar-refractivity contribution in [3.63, 3.8) is 0 Å². The maximum absolute atomic E-state index is 13.2. The van der Waals surface area contributed by atoms with Crippen molar-refractivity contribution >= 4 is 17.7 Å². The van der Waals surface area contributed by atoms with Gasteiger partial charge >= 0.3 is 0 Å². The number of pyridine rings is 1. The molecule has 1 atom stereocenters. The number of rotatable bonds is 14. The van der Waals surface area contributed by atoms with Crippen LogP contribution in [-0.4, -0.2) is 67.4 Å². The van der Waals surface area contributed by atoms with E-state index >= 15 is 0 Å². The number of carbonyl (C=O) groups excluding carboxylic acids is 1. The average Bonchev–Trinajstić information content (AvgIpc) is 3.61. The zero-order chi connectivity index (χ0) is 22.8. The van der Waals surface area contributed by atoms with Crippen LogP contribution in [0.15, 0.2) is 18.3 Å². The first-order valence-electron chi connectivity index (χ1n) is 11.7. The van der Waals surface area contributed by atoms with Gasteiger partial charge in [0.2, 0.25) is 5.91 Å². The molecule has 3 rings (SSSR count). The Labute approximate surface area is 196 Å². The summed E-state index contributed by atoms with van der Waals surface area (Å²) in [5.41, 5.74) is 0.689. The number of aromatic nitrogens is 1. The lowest BCUT2D eigenvalue weighted by atomic mass is 9.89. The highest BCUT2D eigenvalue weighted by atomic mass is 32.2. The number of hydrogen-bond acceptors (Lipinski definition) is 7. The molecule has 1 amide bonds. The Kier molecular flexibility index (Phi) is 10.6. The fraction of sp³-hybridized carbons (Fsp3) is 0.750. The van der Waals surface area contributed by atoms with Crippen molar-refractivity contribution in [2.24, 2.45) is 11.8 Å². The molecule has 0 radical (unpaired) electrons. The molecule has 0 saturated heterocycles. The third-order valence-electron chi connectivity index (χ3n) is 6.01. The Bertz CT molecular complexity index is 695. The van der Waals surface area contributed by atoms with Crippen molar-refractivity contribution in [1.29, 1.82) is 0 Å². The Balaban J connectivity index is 1.59. The number of ether oxygens (including phenoxy) is 4. The molecule has 32 heavy (non-hydrogen) atoms. The summed E-state index contributed by atoms with van der Waals surface area (Å²) in [6.45, 7) is 2.59. The monoisotopic (exact) mass is 466 g/mol. The number of thioether (sulfide) groups is 1. The van der Waals surface area contributed by atoms with E-state index < -0.39 is 6.23 Å². The van der Waals surface area contributed by atoms with E-state index in [1.54, 1.807) is 25.3 Å². The minimum atomic E-state index is -0.408. The van der Waals surface area contributed by atoms with Crippen LogP contribution in [0, 0.1) is 11.8 Å². The summed E-state index contributed by atoms with van der Waals surface area (Å²) in [7, 11) is 3.17. The van der Waals surface area contributed by atoms with Crippen LogP contribution in [0.1, 0.15) is 51.1 Å². The van der Waals surface area contributed by atoms with Gasteiger partial charge in [-0.05, 0) is 62.2 Å². The fourth-order valence-corrected chi connectivity index (χ4v) is 5.15. The van der Waals surface area contributed by atoms with Crippen molar-refractivity contribution in [3.05, 3.63) is 24.0 Å². The molecule has 2 fully saturated rings. The molecular formula is C24H38N2O5S. The second-order valence-electron chi connectivity index (χ2n) is 8.95. The molecule has 2 saturated carbocycles. The van der Waals surface area contributed by atoms with Gasteiger partial charge in [-0.2, -0.15) is 11.8 Å². The first-order chi connectivity index (χ1) is 15.6. The highest BCUT2D eigenvalue weighted by Crippen LogP contribution is 2.33. The molecule has 0 spiro atoms. The van der Waals surface area contributed by atoms with Crippen molar-refractivity contribution in [2.75, 3.05) is 39.2 Å². The number of hydrogen-bond donors (Lipinski definition) is 0. The smallest absolute Gasteiger partial charge is 0.232 e. The predicted molar refractivity (Wildman–Crippen MR) is 126 cm³/mol. The third-order valence-corrected chi connectivity index (χ3v) is 7.24. The Morgan fingerprint density at radius 2 is 1.97 bits per heavy atom. The molecule has 1 aromatic rings. The molecule has 1 aromatic heterocycles. The molecule has 7 nitrogen and oxygen atoms in total. The lowest BCUT2D eigenvalue weighted by Crippen LogP contribution is -2.45. The zero-order valence-corrected chi connectivity index (χ0v) is 20.5. The molecule has 1 heterocycles. The van der Waals surface area contributed by atoms with E-state index in [0.29, 0.717) is 11.4 Å². The van der Waals surface area contributed by atoms with Crippen LogP contribution in [0.4, 0.5) is 0 Å². The van der Waals surface area contributed by atoms with Crippen molar-refractivity contribution in [3.8, 4) is 5.75 Å². The molecule has 0 N–H and O–H groups in total. The predicted octanol–water partition coefficient (Wildman–Crippen LogP) is 4.10. The Hall–Kier alpha value is -1.35. The molecular weight excluding hydrogens is 428 g/mol. The van der Waals surface area contributed by atoms with Gasteiger partial charge in [0.25, 0.3) is 0 Å². The molecule has 0 bridgehead atoms. The van der Waals surface area contributed by atoms with Gasteiger partial charge in [-0.1, -0.05) is 6.92 Å². The first kappa shape index (κ1) is 25.3. The van der Waals surface area contributed by atoms with Crippen LogP contribution in [0.25, 0.3) is 0 Å². The molecule has 0 aromatic carbocycles. The molecule has 2 aliphatic carbocycles. The summed E-state index contributed by atoms with van der Waals surface area (Å²) in [5, 5.41) is 0. The second-order valence-corrected chi connectivity index (χ2v) is 10.0. The van der Waals surface area contributed by atoms with Crippen molar-refractivity contribution in [2.45, 2.75) is 64.2 Å². The van der Waals surface area contributed by atoms with E-state index in [4.69, 9.17) is 18.9 Å². The van der Waals surface area contributed by atoms with Gasteiger partial charge in [0.15, 0.2) is 0 Å². The minimum absolute atomic E-state index is 0.0869. The van der Waals surface area contributed by atoms with Crippen LogP contribution in [-0.2, 0) is 25.4 Å². The summed E-state index contributed by atoms with van der Waals surface area (Å²) in [5.74, 6) is 4.08. The maximum Gasteiger partial charge on any atom is 0.232 e. The number of amides is 1. The summed E-state index contributed by atoms with van der Waals surface area (Å²) in [6, 6.07) is 3.76. The summed E-state index contributed by atoms with van der Waals surface area (Å²) < 4.78 is 22.4. The molecule has 2 aliphatic rings. The summed E-state index contributed by atoms with van der Waals surface area (Å²) >= 11 is 1.82. The van der Waals surface area contributed by atoms with Crippen LogP contribution < -0.4 is 4.74 Å².